The lowest BCUT2D eigenvalue weighted by molar-refractivity contribution is -0.115. The number of aryl methyl sites for hydroxylation is 1. The topological polar surface area (TPSA) is 115 Å². The van der Waals surface area contributed by atoms with E-state index in [9.17, 15) is 4.79 Å². The standard InChI is InChI=1S/C29H37N9O2/c1-5-26(39)34-29-31-22-8-6-7-9-24(22)37(29)28-32-23(16-25(33-28)36-14-15-40-17-18(36)2)27-19(3)35-38(20(27)4)21-10-12-30-13-11-21/h6-9,16,18,21,30H,5,10-15,17H2,1-4H3,(H,31,34,39)/t18-/m1/s1. The third-order valence-corrected chi connectivity index (χ3v) is 7.93. The maximum atomic E-state index is 12.5. The van der Waals surface area contributed by atoms with Crippen LogP contribution in [-0.2, 0) is 9.53 Å². The summed E-state index contributed by atoms with van der Waals surface area (Å²) in [4.78, 5) is 29.7. The fourth-order valence-corrected chi connectivity index (χ4v) is 5.83. The van der Waals surface area contributed by atoms with Gasteiger partial charge in [-0.1, -0.05) is 19.1 Å². The number of piperidine rings is 1. The summed E-state index contributed by atoms with van der Waals surface area (Å²) in [6.07, 6.45) is 2.44. The number of anilines is 2. The summed E-state index contributed by atoms with van der Waals surface area (Å²) >= 11 is 0. The summed E-state index contributed by atoms with van der Waals surface area (Å²) in [5.74, 6) is 1.56. The molecule has 2 aliphatic rings. The van der Waals surface area contributed by atoms with Crippen molar-refractivity contribution in [3.8, 4) is 17.2 Å². The Labute approximate surface area is 234 Å². The monoisotopic (exact) mass is 543 g/mol. The maximum Gasteiger partial charge on any atom is 0.239 e. The minimum atomic E-state index is -0.121. The minimum Gasteiger partial charge on any atom is -0.377 e. The molecule has 40 heavy (non-hydrogen) atoms. The molecule has 2 fully saturated rings. The van der Waals surface area contributed by atoms with E-state index in [1.807, 2.05) is 35.8 Å². The second kappa shape index (κ2) is 11.0. The SMILES string of the molecule is CCC(=O)Nc1nc2ccccc2n1-c1nc(-c2c(C)nn(C3CCNCC3)c2C)cc(N2CCOC[C@H]2C)n1. The zero-order chi connectivity index (χ0) is 27.8. The molecule has 6 rings (SSSR count). The highest BCUT2D eigenvalue weighted by Crippen LogP contribution is 2.34. The molecule has 0 saturated carbocycles. The van der Waals surface area contributed by atoms with Crippen LogP contribution >= 0.6 is 0 Å². The molecule has 2 aliphatic heterocycles. The number of nitrogens with zero attached hydrogens (tertiary/aromatic N) is 7. The van der Waals surface area contributed by atoms with Crippen molar-refractivity contribution in [1.82, 2.24) is 34.6 Å². The van der Waals surface area contributed by atoms with E-state index in [1.165, 1.54) is 0 Å². The number of carbonyl (C=O) groups excluding carboxylic acids is 1. The molecule has 2 saturated heterocycles. The van der Waals surface area contributed by atoms with Crippen LogP contribution in [0.3, 0.4) is 0 Å². The number of para-hydroxylation sites is 2. The molecular formula is C29H37N9O2. The number of imidazole rings is 1. The van der Waals surface area contributed by atoms with Gasteiger partial charge in [-0.2, -0.15) is 10.1 Å². The van der Waals surface area contributed by atoms with Crippen molar-refractivity contribution in [2.75, 3.05) is 43.1 Å². The number of hydrogen-bond donors (Lipinski definition) is 2. The van der Waals surface area contributed by atoms with Crippen LogP contribution < -0.4 is 15.5 Å². The Morgan fingerprint density at radius 2 is 1.95 bits per heavy atom. The van der Waals surface area contributed by atoms with Crippen molar-refractivity contribution in [2.24, 2.45) is 0 Å². The van der Waals surface area contributed by atoms with Gasteiger partial charge in [-0.25, -0.2) is 14.5 Å². The number of ether oxygens (including phenoxy) is 1. The average molecular weight is 544 g/mol. The van der Waals surface area contributed by atoms with E-state index in [0.29, 0.717) is 37.6 Å². The Balaban J connectivity index is 1.55. The van der Waals surface area contributed by atoms with E-state index in [-0.39, 0.29) is 11.9 Å². The highest BCUT2D eigenvalue weighted by Gasteiger charge is 2.27. The molecule has 11 heteroatoms. The van der Waals surface area contributed by atoms with Crippen LogP contribution in [0.1, 0.15) is 50.5 Å². The molecule has 0 spiro atoms. The van der Waals surface area contributed by atoms with Gasteiger partial charge in [-0.05, 0) is 58.8 Å². The van der Waals surface area contributed by atoms with Gasteiger partial charge in [0.1, 0.15) is 5.82 Å². The molecule has 4 aromatic rings. The largest absolute Gasteiger partial charge is 0.377 e. The number of fused-ring (bicyclic) bond motifs is 1. The van der Waals surface area contributed by atoms with Crippen molar-refractivity contribution in [1.29, 1.82) is 0 Å². The quantitative estimate of drug-likeness (QED) is 0.378. The maximum absolute atomic E-state index is 12.5. The lowest BCUT2D eigenvalue weighted by Crippen LogP contribution is -2.44. The number of benzene rings is 1. The van der Waals surface area contributed by atoms with Gasteiger partial charge in [0.15, 0.2) is 0 Å². The van der Waals surface area contributed by atoms with Crippen LogP contribution in [0, 0.1) is 13.8 Å². The van der Waals surface area contributed by atoms with E-state index in [0.717, 1.165) is 72.0 Å². The van der Waals surface area contributed by atoms with Gasteiger partial charge in [0.2, 0.25) is 17.8 Å². The van der Waals surface area contributed by atoms with Gasteiger partial charge in [-0.15, -0.1) is 0 Å². The molecule has 3 aromatic heterocycles. The summed E-state index contributed by atoms with van der Waals surface area (Å²) in [6.45, 7) is 12.1. The van der Waals surface area contributed by atoms with Crippen molar-refractivity contribution in [3.05, 3.63) is 41.7 Å². The number of hydrogen-bond acceptors (Lipinski definition) is 8. The normalized spacial score (nSPS) is 18.4. The highest BCUT2D eigenvalue weighted by atomic mass is 16.5. The lowest BCUT2D eigenvalue weighted by atomic mass is 10.1. The molecule has 11 nitrogen and oxygen atoms in total. The van der Waals surface area contributed by atoms with Gasteiger partial charge in [0.25, 0.3) is 0 Å². The summed E-state index contributed by atoms with van der Waals surface area (Å²) in [6, 6.07) is 10.4. The van der Waals surface area contributed by atoms with Gasteiger partial charge >= 0.3 is 0 Å². The molecule has 0 bridgehead atoms. The molecule has 0 unspecified atom stereocenters. The second-order valence-electron chi connectivity index (χ2n) is 10.7. The molecule has 0 radical (unpaired) electrons. The van der Waals surface area contributed by atoms with Gasteiger partial charge in [0.05, 0.1) is 47.7 Å². The predicted octanol–water partition coefficient (Wildman–Crippen LogP) is 3.79. The molecule has 0 aliphatic carbocycles. The summed E-state index contributed by atoms with van der Waals surface area (Å²) in [5, 5.41) is 11.4. The highest BCUT2D eigenvalue weighted by molar-refractivity contribution is 5.92. The van der Waals surface area contributed by atoms with E-state index in [2.05, 4.69) is 47.1 Å². The van der Waals surface area contributed by atoms with E-state index in [1.54, 1.807) is 0 Å². The first-order chi connectivity index (χ1) is 19.4. The Kier molecular flexibility index (Phi) is 7.24. The number of nitrogens with one attached hydrogen (secondary N) is 2. The minimum absolute atomic E-state index is 0.121. The van der Waals surface area contributed by atoms with Crippen LogP contribution in [0.4, 0.5) is 11.8 Å². The first kappa shape index (κ1) is 26.4. The van der Waals surface area contributed by atoms with Crippen LogP contribution in [0.2, 0.25) is 0 Å². The van der Waals surface area contributed by atoms with Crippen molar-refractivity contribution in [2.45, 2.75) is 59.0 Å². The number of rotatable bonds is 6. The summed E-state index contributed by atoms with van der Waals surface area (Å²) in [5.41, 5.74) is 5.45. The van der Waals surface area contributed by atoms with Crippen LogP contribution in [-0.4, -0.2) is 74.1 Å². The summed E-state index contributed by atoms with van der Waals surface area (Å²) < 4.78 is 9.76. The molecule has 210 valence electrons. The van der Waals surface area contributed by atoms with Crippen LogP contribution in [0.15, 0.2) is 30.3 Å². The lowest BCUT2D eigenvalue weighted by Gasteiger charge is -2.34. The molecule has 1 atom stereocenters. The van der Waals surface area contributed by atoms with Crippen LogP contribution in [0.5, 0.6) is 0 Å². The first-order valence-corrected chi connectivity index (χ1v) is 14.2. The van der Waals surface area contributed by atoms with E-state index in [4.69, 9.17) is 24.8 Å². The number of amides is 1. The summed E-state index contributed by atoms with van der Waals surface area (Å²) in [7, 11) is 0. The van der Waals surface area contributed by atoms with E-state index >= 15 is 0 Å². The smallest absolute Gasteiger partial charge is 0.239 e. The number of carbonyl (C=O) groups is 1. The van der Waals surface area contributed by atoms with Gasteiger partial charge in [0, 0.05) is 30.3 Å². The average Bonchev–Trinajstić information content (AvgIpc) is 3.49. The second-order valence-corrected chi connectivity index (χ2v) is 10.7. The van der Waals surface area contributed by atoms with Crippen molar-refractivity contribution < 1.29 is 9.53 Å². The zero-order valence-electron chi connectivity index (χ0n) is 23.6. The fraction of sp³-hybridized carbons (Fsp3) is 0.483. The number of morpholine rings is 1. The first-order valence-electron chi connectivity index (χ1n) is 14.2. The molecule has 1 aromatic carbocycles. The third-order valence-electron chi connectivity index (χ3n) is 7.93. The predicted molar refractivity (Wildman–Crippen MR) is 155 cm³/mol. The fourth-order valence-electron chi connectivity index (χ4n) is 5.83. The molecule has 5 heterocycles. The Bertz CT molecular complexity index is 1540. The molecule has 2 N–H and O–H groups in total. The van der Waals surface area contributed by atoms with Crippen LogP contribution in [0.25, 0.3) is 28.2 Å². The Morgan fingerprint density at radius 1 is 1.15 bits per heavy atom. The Morgan fingerprint density at radius 3 is 2.73 bits per heavy atom. The van der Waals surface area contributed by atoms with Crippen molar-refractivity contribution in [3.63, 3.8) is 0 Å². The van der Waals surface area contributed by atoms with Gasteiger partial charge < -0.3 is 15.0 Å². The number of aromatic nitrogens is 6. The van der Waals surface area contributed by atoms with Crippen molar-refractivity contribution >= 4 is 28.7 Å². The zero-order valence-corrected chi connectivity index (χ0v) is 23.6. The Hall–Kier alpha value is -3.83. The molecule has 1 amide bonds. The van der Waals surface area contributed by atoms with E-state index < -0.39 is 0 Å². The third kappa shape index (κ3) is 4.84. The van der Waals surface area contributed by atoms with Gasteiger partial charge in [-0.3, -0.25) is 14.8 Å². The molecular weight excluding hydrogens is 506 g/mol.